The van der Waals surface area contributed by atoms with Gasteiger partial charge in [0.1, 0.15) is 6.04 Å². The molecule has 1 aromatic rings. The summed E-state index contributed by atoms with van der Waals surface area (Å²) in [5.74, 6) is -0.795. The Bertz CT molecular complexity index is 379. The Labute approximate surface area is 94.9 Å². The second kappa shape index (κ2) is 4.64. The van der Waals surface area contributed by atoms with Crippen molar-refractivity contribution >= 4 is 18.4 Å². The van der Waals surface area contributed by atoms with Crippen molar-refractivity contribution in [2.45, 2.75) is 19.4 Å². The van der Waals surface area contributed by atoms with E-state index in [1.165, 1.54) is 0 Å². The van der Waals surface area contributed by atoms with E-state index < -0.39 is 12.0 Å². The van der Waals surface area contributed by atoms with Gasteiger partial charge in [-0.15, -0.1) is 12.4 Å². The van der Waals surface area contributed by atoms with Crippen molar-refractivity contribution in [1.29, 1.82) is 0 Å². The summed E-state index contributed by atoms with van der Waals surface area (Å²) >= 11 is 0. The van der Waals surface area contributed by atoms with E-state index in [0.29, 0.717) is 0 Å². The van der Waals surface area contributed by atoms with E-state index in [9.17, 15) is 4.79 Å². The Hall–Kier alpha value is -1.06. The van der Waals surface area contributed by atoms with Crippen molar-refractivity contribution in [1.82, 2.24) is 5.32 Å². The smallest absolute Gasteiger partial charge is 0.325 e. The number of carbonyl (C=O) groups is 1. The normalized spacial score (nSPS) is 18.9. The van der Waals surface area contributed by atoms with Gasteiger partial charge in [0, 0.05) is 6.54 Å². The van der Waals surface area contributed by atoms with E-state index in [-0.39, 0.29) is 12.4 Å². The summed E-state index contributed by atoms with van der Waals surface area (Å²) in [6, 6.07) is 5.49. The lowest BCUT2D eigenvalue weighted by atomic mass is 9.93. The molecule has 1 aromatic carbocycles. The van der Waals surface area contributed by atoms with Gasteiger partial charge < -0.3 is 10.4 Å². The largest absolute Gasteiger partial charge is 0.480 e. The highest BCUT2D eigenvalue weighted by Crippen LogP contribution is 2.23. The maximum absolute atomic E-state index is 11.0. The van der Waals surface area contributed by atoms with E-state index in [4.69, 9.17) is 5.11 Å². The zero-order valence-corrected chi connectivity index (χ0v) is 9.30. The van der Waals surface area contributed by atoms with Crippen molar-refractivity contribution in [3.8, 4) is 0 Å². The molecule has 3 nitrogen and oxygen atoms in total. The Morgan fingerprint density at radius 3 is 2.93 bits per heavy atom. The van der Waals surface area contributed by atoms with Crippen molar-refractivity contribution in [2.75, 3.05) is 6.54 Å². The Balaban J connectivity index is 0.00000112. The van der Waals surface area contributed by atoms with Gasteiger partial charge in [-0.05, 0) is 24.5 Å². The minimum atomic E-state index is -0.795. The number of hydrogen-bond acceptors (Lipinski definition) is 2. The maximum atomic E-state index is 11.0. The molecular formula is C11H14ClNO2. The average Bonchev–Trinajstić information content (AvgIpc) is 2.16. The zero-order chi connectivity index (χ0) is 10.1. The van der Waals surface area contributed by atoms with Gasteiger partial charge in [0.2, 0.25) is 0 Å². The number of carboxylic acid groups (broad SMARTS) is 1. The van der Waals surface area contributed by atoms with Gasteiger partial charge in [-0.25, -0.2) is 0 Å². The molecule has 2 rings (SSSR count). The average molecular weight is 228 g/mol. The second-order valence-electron chi connectivity index (χ2n) is 3.68. The molecule has 0 radical (unpaired) electrons. The fourth-order valence-electron chi connectivity index (χ4n) is 1.89. The number of hydrogen-bond donors (Lipinski definition) is 2. The SMILES string of the molecule is Cc1ccc2c(c1)C(C(=O)O)NCC2.Cl. The van der Waals surface area contributed by atoms with Crippen LogP contribution in [0, 0.1) is 6.92 Å². The van der Waals surface area contributed by atoms with Crippen molar-refractivity contribution in [3.05, 3.63) is 34.9 Å². The highest BCUT2D eigenvalue weighted by atomic mass is 35.5. The lowest BCUT2D eigenvalue weighted by molar-refractivity contribution is -0.139. The van der Waals surface area contributed by atoms with Gasteiger partial charge in [0.25, 0.3) is 0 Å². The van der Waals surface area contributed by atoms with Crippen LogP contribution in [-0.4, -0.2) is 17.6 Å². The van der Waals surface area contributed by atoms with Gasteiger partial charge in [-0.1, -0.05) is 23.8 Å². The number of aryl methyl sites for hydroxylation is 1. The number of halogens is 1. The topological polar surface area (TPSA) is 49.3 Å². The van der Waals surface area contributed by atoms with Gasteiger partial charge in [0.05, 0.1) is 0 Å². The summed E-state index contributed by atoms with van der Waals surface area (Å²) in [6.07, 6.45) is 0.916. The van der Waals surface area contributed by atoms with Crippen LogP contribution in [0.15, 0.2) is 18.2 Å². The van der Waals surface area contributed by atoms with Crippen molar-refractivity contribution in [2.24, 2.45) is 0 Å². The summed E-state index contributed by atoms with van der Waals surface area (Å²) in [5.41, 5.74) is 3.18. The third-order valence-electron chi connectivity index (χ3n) is 2.60. The van der Waals surface area contributed by atoms with Crippen LogP contribution in [0.2, 0.25) is 0 Å². The molecule has 0 aliphatic carbocycles. The molecule has 82 valence electrons. The third kappa shape index (κ3) is 2.30. The molecule has 0 amide bonds. The number of carboxylic acids is 1. The molecule has 1 heterocycles. The first-order chi connectivity index (χ1) is 6.68. The highest BCUT2D eigenvalue weighted by molar-refractivity contribution is 5.85. The number of aliphatic carboxylic acids is 1. The molecule has 4 heteroatoms. The minimum Gasteiger partial charge on any atom is -0.480 e. The van der Waals surface area contributed by atoms with E-state index in [2.05, 4.69) is 5.32 Å². The third-order valence-corrected chi connectivity index (χ3v) is 2.60. The molecule has 0 saturated heterocycles. The zero-order valence-electron chi connectivity index (χ0n) is 8.49. The van der Waals surface area contributed by atoms with E-state index in [0.717, 1.165) is 29.7 Å². The Morgan fingerprint density at radius 2 is 2.27 bits per heavy atom. The van der Waals surface area contributed by atoms with Crippen LogP contribution < -0.4 is 5.32 Å². The van der Waals surface area contributed by atoms with Crippen LogP contribution in [0.1, 0.15) is 22.7 Å². The molecule has 0 saturated carbocycles. The highest BCUT2D eigenvalue weighted by Gasteiger charge is 2.25. The van der Waals surface area contributed by atoms with Crippen LogP contribution in [0.5, 0.6) is 0 Å². The predicted molar refractivity (Wildman–Crippen MR) is 60.5 cm³/mol. The van der Waals surface area contributed by atoms with Crippen LogP contribution in [0.4, 0.5) is 0 Å². The van der Waals surface area contributed by atoms with E-state index in [1.54, 1.807) is 0 Å². The Kier molecular flexibility index (Phi) is 3.72. The van der Waals surface area contributed by atoms with E-state index >= 15 is 0 Å². The van der Waals surface area contributed by atoms with Crippen molar-refractivity contribution < 1.29 is 9.90 Å². The molecule has 1 aliphatic heterocycles. The van der Waals surface area contributed by atoms with E-state index in [1.807, 2.05) is 25.1 Å². The molecule has 15 heavy (non-hydrogen) atoms. The number of rotatable bonds is 1. The summed E-state index contributed by atoms with van der Waals surface area (Å²) in [4.78, 5) is 11.0. The monoisotopic (exact) mass is 227 g/mol. The van der Waals surface area contributed by atoms with Crippen LogP contribution in [-0.2, 0) is 11.2 Å². The van der Waals surface area contributed by atoms with Gasteiger partial charge >= 0.3 is 5.97 Å². The lowest BCUT2D eigenvalue weighted by Gasteiger charge is -2.24. The van der Waals surface area contributed by atoms with Crippen LogP contribution in [0.3, 0.4) is 0 Å². The number of fused-ring (bicyclic) bond motifs is 1. The molecule has 1 aliphatic rings. The summed E-state index contributed by atoms with van der Waals surface area (Å²) in [5, 5.41) is 12.0. The molecule has 1 unspecified atom stereocenters. The molecule has 0 bridgehead atoms. The maximum Gasteiger partial charge on any atom is 0.325 e. The fourth-order valence-corrected chi connectivity index (χ4v) is 1.89. The predicted octanol–water partition coefficient (Wildman–Crippen LogP) is 1.69. The van der Waals surface area contributed by atoms with Gasteiger partial charge in [-0.2, -0.15) is 0 Å². The second-order valence-corrected chi connectivity index (χ2v) is 3.68. The van der Waals surface area contributed by atoms with Crippen LogP contribution in [0.25, 0.3) is 0 Å². The first-order valence-electron chi connectivity index (χ1n) is 4.74. The summed E-state index contributed by atoms with van der Waals surface area (Å²) < 4.78 is 0. The first-order valence-corrected chi connectivity index (χ1v) is 4.74. The molecular weight excluding hydrogens is 214 g/mol. The minimum absolute atomic E-state index is 0. The molecule has 1 atom stereocenters. The fraction of sp³-hybridized carbons (Fsp3) is 0.364. The number of nitrogens with one attached hydrogen (secondary N) is 1. The molecule has 0 aromatic heterocycles. The summed E-state index contributed by atoms with van der Waals surface area (Å²) in [6.45, 7) is 2.72. The quantitative estimate of drug-likeness (QED) is 0.768. The lowest BCUT2D eigenvalue weighted by Crippen LogP contribution is -2.35. The molecule has 0 fully saturated rings. The standard InChI is InChI=1S/C11H13NO2.ClH/c1-7-2-3-8-4-5-12-10(11(13)14)9(8)6-7;/h2-3,6,10,12H,4-5H2,1H3,(H,13,14);1H. The Morgan fingerprint density at radius 1 is 1.53 bits per heavy atom. The summed E-state index contributed by atoms with van der Waals surface area (Å²) in [7, 11) is 0. The molecule has 2 N–H and O–H groups in total. The first kappa shape index (κ1) is 12.0. The van der Waals surface area contributed by atoms with Crippen LogP contribution >= 0.6 is 12.4 Å². The molecule has 0 spiro atoms. The van der Waals surface area contributed by atoms with Gasteiger partial charge in [0.15, 0.2) is 0 Å². The van der Waals surface area contributed by atoms with Crippen molar-refractivity contribution in [3.63, 3.8) is 0 Å². The number of benzene rings is 1. The van der Waals surface area contributed by atoms with Gasteiger partial charge in [-0.3, -0.25) is 4.79 Å².